The smallest absolute Gasteiger partial charge is 0.180 e. The first-order valence-electron chi connectivity index (χ1n) is 6.55. The minimum atomic E-state index is -0.111. The van der Waals surface area contributed by atoms with Gasteiger partial charge in [-0.05, 0) is 43.4 Å². The molecule has 1 aliphatic carbocycles. The first-order chi connectivity index (χ1) is 8.78. The maximum absolute atomic E-state index is 9.50. The lowest BCUT2D eigenvalue weighted by atomic mass is 9.93. The van der Waals surface area contributed by atoms with Crippen LogP contribution in [0.3, 0.4) is 0 Å². The van der Waals surface area contributed by atoms with E-state index in [1.165, 1.54) is 5.56 Å². The minimum absolute atomic E-state index is 0.0937. The number of aliphatic hydroxyl groups excluding tert-OH is 1. The molecule has 1 unspecified atom stereocenters. The lowest BCUT2D eigenvalue weighted by Gasteiger charge is -2.24. The van der Waals surface area contributed by atoms with Crippen molar-refractivity contribution in [3.8, 4) is 5.75 Å². The summed E-state index contributed by atoms with van der Waals surface area (Å²) in [6.45, 7) is 0. The Bertz CT molecular complexity index is 398. The summed E-state index contributed by atoms with van der Waals surface area (Å²) in [7, 11) is 1.67. The summed E-state index contributed by atoms with van der Waals surface area (Å²) in [6.07, 6.45) is 3.80. The number of aliphatic hydroxyl groups is 1. The summed E-state index contributed by atoms with van der Waals surface area (Å²) in [5.41, 5.74) is 1.17. The molecule has 2 aliphatic rings. The lowest BCUT2D eigenvalue weighted by Crippen LogP contribution is -2.27. The molecule has 4 heteroatoms. The van der Waals surface area contributed by atoms with Gasteiger partial charge in [0.25, 0.3) is 0 Å². The second-order valence-corrected chi connectivity index (χ2v) is 5.05. The van der Waals surface area contributed by atoms with Crippen LogP contribution < -0.4 is 4.74 Å². The van der Waals surface area contributed by atoms with Gasteiger partial charge < -0.3 is 9.84 Å². The predicted molar refractivity (Wildman–Crippen MR) is 66.9 cm³/mol. The first kappa shape index (κ1) is 12.0. The Morgan fingerprint density at radius 2 is 1.83 bits per heavy atom. The second kappa shape index (κ2) is 4.88. The third-order valence-electron chi connectivity index (χ3n) is 3.83. The highest BCUT2D eigenvalue weighted by molar-refractivity contribution is 5.29. The van der Waals surface area contributed by atoms with Crippen molar-refractivity contribution in [1.29, 1.82) is 0 Å². The monoisotopic (exact) mass is 249 g/mol. The molecule has 0 radical (unpaired) electrons. The van der Waals surface area contributed by atoms with Crippen LogP contribution in [0.15, 0.2) is 24.3 Å². The second-order valence-electron chi connectivity index (χ2n) is 5.05. The van der Waals surface area contributed by atoms with Gasteiger partial charge in [-0.3, -0.25) is 4.84 Å². The fourth-order valence-corrected chi connectivity index (χ4v) is 2.65. The van der Waals surface area contributed by atoms with Crippen molar-refractivity contribution in [3.05, 3.63) is 29.8 Å². The quantitative estimate of drug-likeness (QED) is 0.834. The molecule has 0 amide bonds. The van der Waals surface area contributed by atoms with Gasteiger partial charge in [0, 0.05) is 6.04 Å². The maximum atomic E-state index is 9.50. The van der Waals surface area contributed by atoms with Crippen LogP contribution in [-0.2, 0) is 4.84 Å². The largest absolute Gasteiger partial charge is 0.497 e. The van der Waals surface area contributed by atoms with E-state index < -0.39 is 0 Å². The van der Waals surface area contributed by atoms with Crippen molar-refractivity contribution < 1.29 is 14.7 Å². The number of methoxy groups -OCH3 is 1. The standard InChI is InChI=1S/C14H19NO3/c1-17-13-8-2-10(3-9-13)14-15(18-14)11-4-6-12(16)7-5-11/h2-3,8-9,11-12,14,16H,4-7H2,1H3/t11?,12?,14-,15?/m1/s1. The van der Waals surface area contributed by atoms with E-state index in [0.29, 0.717) is 6.04 Å². The minimum Gasteiger partial charge on any atom is -0.497 e. The Labute approximate surface area is 107 Å². The van der Waals surface area contributed by atoms with Crippen LogP contribution in [0.1, 0.15) is 37.5 Å². The molecular formula is C14H19NO3. The van der Waals surface area contributed by atoms with Gasteiger partial charge in [-0.1, -0.05) is 12.1 Å². The van der Waals surface area contributed by atoms with Crippen molar-refractivity contribution in [1.82, 2.24) is 5.06 Å². The molecule has 0 spiro atoms. The van der Waals surface area contributed by atoms with Crippen LogP contribution in [0.5, 0.6) is 5.75 Å². The molecule has 98 valence electrons. The van der Waals surface area contributed by atoms with Gasteiger partial charge in [-0.25, -0.2) is 0 Å². The zero-order chi connectivity index (χ0) is 12.5. The van der Waals surface area contributed by atoms with Gasteiger partial charge in [0.05, 0.1) is 13.2 Å². The normalized spacial score (nSPS) is 35.2. The van der Waals surface area contributed by atoms with Crippen molar-refractivity contribution in [2.45, 2.75) is 44.1 Å². The summed E-state index contributed by atoms with van der Waals surface area (Å²) in [4.78, 5) is 5.66. The van der Waals surface area contributed by atoms with Crippen LogP contribution in [0.4, 0.5) is 0 Å². The molecule has 1 saturated carbocycles. The molecule has 0 bridgehead atoms. The topological polar surface area (TPSA) is 45.0 Å². The summed E-state index contributed by atoms with van der Waals surface area (Å²) >= 11 is 0. The molecular weight excluding hydrogens is 230 g/mol. The van der Waals surface area contributed by atoms with Crippen molar-refractivity contribution in [3.63, 3.8) is 0 Å². The van der Waals surface area contributed by atoms with Crippen LogP contribution >= 0.6 is 0 Å². The van der Waals surface area contributed by atoms with Gasteiger partial charge in [-0.15, -0.1) is 5.06 Å². The number of hydrogen-bond acceptors (Lipinski definition) is 4. The zero-order valence-corrected chi connectivity index (χ0v) is 10.6. The predicted octanol–water partition coefficient (Wildman–Crippen LogP) is 2.24. The highest BCUT2D eigenvalue weighted by Crippen LogP contribution is 2.43. The van der Waals surface area contributed by atoms with E-state index in [1.54, 1.807) is 7.11 Å². The van der Waals surface area contributed by atoms with Gasteiger partial charge in [0.1, 0.15) is 5.75 Å². The van der Waals surface area contributed by atoms with Crippen LogP contribution in [0.25, 0.3) is 0 Å². The third kappa shape index (κ3) is 2.36. The lowest BCUT2D eigenvalue weighted by molar-refractivity contribution is 0.0625. The number of ether oxygens (including phenoxy) is 1. The molecule has 3 rings (SSSR count). The molecule has 1 N–H and O–H groups in total. The van der Waals surface area contributed by atoms with E-state index in [4.69, 9.17) is 9.57 Å². The molecule has 0 aromatic heterocycles. The van der Waals surface area contributed by atoms with Crippen molar-refractivity contribution in [2.75, 3.05) is 7.11 Å². The molecule has 2 atom stereocenters. The van der Waals surface area contributed by atoms with Gasteiger partial charge >= 0.3 is 0 Å². The Morgan fingerprint density at radius 1 is 1.17 bits per heavy atom. The summed E-state index contributed by atoms with van der Waals surface area (Å²) in [6, 6.07) is 8.46. The van der Waals surface area contributed by atoms with E-state index in [2.05, 4.69) is 5.06 Å². The molecule has 1 saturated heterocycles. The Balaban J connectivity index is 1.59. The number of benzene rings is 1. The van der Waals surface area contributed by atoms with Gasteiger partial charge in [-0.2, -0.15) is 0 Å². The van der Waals surface area contributed by atoms with Crippen LogP contribution in [-0.4, -0.2) is 29.4 Å². The van der Waals surface area contributed by atoms with E-state index in [1.807, 2.05) is 24.3 Å². The Kier molecular flexibility index (Phi) is 3.24. The zero-order valence-electron chi connectivity index (χ0n) is 10.6. The SMILES string of the molecule is COc1ccc([C@H]2ON2C2CCC(O)CC2)cc1. The van der Waals surface area contributed by atoms with Crippen LogP contribution in [0, 0.1) is 0 Å². The third-order valence-corrected chi connectivity index (χ3v) is 3.83. The molecule has 2 fully saturated rings. The van der Waals surface area contributed by atoms with E-state index >= 15 is 0 Å². The average Bonchev–Trinajstić information content (AvgIpc) is 3.20. The summed E-state index contributed by atoms with van der Waals surface area (Å²) < 4.78 is 5.14. The Morgan fingerprint density at radius 3 is 2.44 bits per heavy atom. The molecule has 1 aromatic carbocycles. The van der Waals surface area contributed by atoms with Gasteiger partial charge in [0.2, 0.25) is 0 Å². The maximum Gasteiger partial charge on any atom is 0.180 e. The molecule has 18 heavy (non-hydrogen) atoms. The molecule has 1 aromatic rings. The number of hydroxylamine groups is 2. The highest BCUT2D eigenvalue weighted by Gasteiger charge is 2.44. The van der Waals surface area contributed by atoms with Crippen LogP contribution in [0.2, 0.25) is 0 Å². The molecule has 4 nitrogen and oxygen atoms in total. The molecule has 1 heterocycles. The van der Waals surface area contributed by atoms with Gasteiger partial charge in [0.15, 0.2) is 6.23 Å². The average molecular weight is 249 g/mol. The number of hydrogen-bond donors (Lipinski definition) is 1. The summed E-state index contributed by atoms with van der Waals surface area (Å²) in [5, 5.41) is 11.6. The number of nitrogens with zero attached hydrogens (tertiary/aromatic N) is 1. The fourth-order valence-electron chi connectivity index (χ4n) is 2.65. The first-order valence-corrected chi connectivity index (χ1v) is 6.55. The Hall–Kier alpha value is -1.10. The van der Waals surface area contributed by atoms with E-state index in [0.717, 1.165) is 31.4 Å². The summed E-state index contributed by atoms with van der Waals surface area (Å²) in [5.74, 6) is 0.867. The van der Waals surface area contributed by atoms with E-state index in [9.17, 15) is 5.11 Å². The fraction of sp³-hybridized carbons (Fsp3) is 0.571. The highest BCUT2D eigenvalue weighted by atomic mass is 16.8. The van der Waals surface area contributed by atoms with Crippen molar-refractivity contribution >= 4 is 0 Å². The van der Waals surface area contributed by atoms with Crippen molar-refractivity contribution in [2.24, 2.45) is 0 Å². The molecule has 1 aliphatic heterocycles. The van der Waals surface area contributed by atoms with E-state index in [-0.39, 0.29) is 12.3 Å². The number of rotatable bonds is 3.